The Bertz CT molecular complexity index is 1100. The van der Waals surface area contributed by atoms with Gasteiger partial charge in [-0.1, -0.05) is 12.1 Å². The number of carbonyl (C=O) groups excluding carboxylic acids is 1. The summed E-state index contributed by atoms with van der Waals surface area (Å²) < 4.78 is 3.31. The van der Waals surface area contributed by atoms with Crippen LogP contribution in [-0.2, 0) is 11.2 Å². The van der Waals surface area contributed by atoms with Gasteiger partial charge in [0.25, 0.3) is 5.78 Å². The van der Waals surface area contributed by atoms with Crippen molar-refractivity contribution in [3.05, 3.63) is 60.2 Å². The maximum Gasteiger partial charge on any atom is 0.252 e. The fourth-order valence-electron chi connectivity index (χ4n) is 3.08. The summed E-state index contributed by atoms with van der Waals surface area (Å²) in [6.07, 6.45) is 5.42. The monoisotopic (exact) mass is 362 g/mol. The molecule has 0 radical (unpaired) electrons. The van der Waals surface area contributed by atoms with Gasteiger partial charge >= 0.3 is 0 Å². The Morgan fingerprint density at radius 3 is 2.81 bits per heavy atom. The molecular weight excluding hydrogens is 344 g/mol. The van der Waals surface area contributed by atoms with Gasteiger partial charge in [0, 0.05) is 17.8 Å². The summed E-state index contributed by atoms with van der Waals surface area (Å²) in [6, 6.07) is 7.47. The maximum absolute atomic E-state index is 12.5. The van der Waals surface area contributed by atoms with Crippen molar-refractivity contribution >= 4 is 17.4 Å². The minimum absolute atomic E-state index is 0.0833. The molecule has 9 heteroatoms. The van der Waals surface area contributed by atoms with E-state index in [0.717, 1.165) is 22.6 Å². The molecule has 3 heterocycles. The molecule has 4 rings (SSSR count). The molecule has 1 aromatic carbocycles. The number of carbonyl (C=O) groups is 1. The fourth-order valence-corrected chi connectivity index (χ4v) is 3.08. The average molecular weight is 362 g/mol. The third-order valence-electron chi connectivity index (χ3n) is 4.43. The van der Waals surface area contributed by atoms with E-state index >= 15 is 0 Å². The number of benzene rings is 1. The van der Waals surface area contributed by atoms with Crippen LogP contribution in [0, 0.1) is 13.8 Å². The number of para-hydroxylation sites is 2. The first-order chi connectivity index (χ1) is 13.1. The van der Waals surface area contributed by atoms with Gasteiger partial charge in [0.1, 0.15) is 19.0 Å². The summed E-state index contributed by atoms with van der Waals surface area (Å²) in [4.78, 5) is 25.0. The number of nitrogens with zero attached hydrogens (tertiary/aromatic N) is 7. The van der Waals surface area contributed by atoms with E-state index in [1.165, 1.54) is 12.7 Å². The first-order valence-electron chi connectivity index (χ1n) is 8.53. The quantitative estimate of drug-likeness (QED) is 0.581. The highest BCUT2D eigenvalue weighted by molar-refractivity contribution is 5.92. The molecule has 0 spiro atoms. The second-order valence-corrected chi connectivity index (χ2v) is 6.14. The second kappa shape index (κ2) is 6.94. The van der Waals surface area contributed by atoms with Crippen LogP contribution in [0.15, 0.2) is 43.2 Å². The van der Waals surface area contributed by atoms with Crippen LogP contribution in [-0.4, -0.2) is 40.3 Å². The molecule has 0 saturated heterocycles. The number of aromatic nitrogens is 7. The zero-order valence-corrected chi connectivity index (χ0v) is 15.0. The van der Waals surface area contributed by atoms with Crippen LogP contribution in [0.4, 0.5) is 5.69 Å². The van der Waals surface area contributed by atoms with Gasteiger partial charge in [0.05, 0.1) is 11.4 Å². The normalized spacial score (nSPS) is 11.0. The van der Waals surface area contributed by atoms with E-state index in [0.29, 0.717) is 24.3 Å². The van der Waals surface area contributed by atoms with E-state index in [-0.39, 0.29) is 5.91 Å². The van der Waals surface area contributed by atoms with Gasteiger partial charge < -0.3 is 5.32 Å². The Balaban J connectivity index is 1.50. The van der Waals surface area contributed by atoms with Crippen molar-refractivity contribution in [3.63, 3.8) is 0 Å². The molecule has 0 aliphatic rings. The zero-order chi connectivity index (χ0) is 18.8. The number of hydrogen-bond donors (Lipinski definition) is 1. The van der Waals surface area contributed by atoms with Gasteiger partial charge in [-0.2, -0.15) is 15.2 Å². The van der Waals surface area contributed by atoms with Crippen molar-refractivity contribution in [2.75, 3.05) is 5.32 Å². The van der Waals surface area contributed by atoms with E-state index in [1.54, 1.807) is 15.5 Å². The molecule has 0 fully saturated rings. The highest BCUT2D eigenvalue weighted by Crippen LogP contribution is 2.20. The van der Waals surface area contributed by atoms with Crippen molar-refractivity contribution < 1.29 is 4.79 Å². The van der Waals surface area contributed by atoms with Crippen molar-refractivity contribution in [1.82, 2.24) is 34.3 Å². The number of aryl methyl sites for hydroxylation is 2. The predicted molar refractivity (Wildman–Crippen MR) is 98.6 cm³/mol. The lowest BCUT2D eigenvalue weighted by Gasteiger charge is -2.12. The lowest BCUT2D eigenvalue weighted by Crippen LogP contribution is -2.15. The van der Waals surface area contributed by atoms with Crippen molar-refractivity contribution in [1.29, 1.82) is 0 Å². The van der Waals surface area contributed by atoms with Crippen LogP contribution < -0.4 is 5.32 Å². The summed E-state index contributed by atoms with van der Waals surface area (Å²) in [5.41, 5.74) is 4.27. The highest BCUT2D eigenvalue weighted by Gasteiger charge is 2.14. The van der Waals surface area contributed by atoms with Crippen molar-refractivity contribution in [2.24, 2.45) is 0 Å². The molecule has 0 atom stereocenters. The van der Waals surface area contributed by atoms with Crippen LogP contribution >= 0.6 is 0 Å². The lowest BCUT2D eigenvalue weighted by atomic mass is 10.1. The smallest absolute Gasteiger partial charge is 0.252 e. The minimum Gasteiger partial charge on any atom is -0.324 e. The molecule has 1 amide bonds. The molecule has 4 aromatic rings. The molecule has 3 aromatic heterocycles. The third-order valence-corrected chi connectivity index (χ3v) is 4.43. The van der Waals surface area contributed by atoms with Gasteiger partial charge in [-0.25, -0.2) is 19.2 Å². The van der Waals surface area contributed by atoms with Gasteiger partial charge in [0.15, 0.2) is 0 Å². The van der Waals surface area contributed by atoms with Crippen LogP contribution in [0.3, 0.4) is 0 Å². The Hall–Kier alpha value is -3.62. The summed E-state index contributed by atoms with van der Waals surface area (Å²) in [6.45, 7) is 3.89. The average Bonchev–Trinajstić information content (AvgIpc) is 3.33. The number of hydrogen-bond acceptors (Lipinski definition) is 6. The minimum atomic E-state index is -0.0833. The molecule has 0 bridgehead atoms. The van der Waals surface area contributed by atoms with Crippen LogP contribution in [0.5, 0.6) is 0 Å². The Labute approximate surface area is 155 Å². The van der Waals surface area contributed by atoms with Crippen LogP contribution in [0.2, 0.25) is 0 Å². The van der Waals surface area contributed by atoms with Crippen molar-refractivity contribution in [2.45, 2.75) is 26.7 Å². The molecule has 9 nitrogen and oxygen atoms in total. The molecule has 0 saturated carbocycles. The SMILES string of the molecule is Cc1nc2ncnn2c(C)c1CCC(=O)Nc1ccccc1-n1cncn1. The van der Waals surface area contributed by atoms with E-state index in [1.807, 2.05) is 38.1 Å². The van der Waals surface area contributed by atoms with E-state index in [9.17, 15) is 4.79 Å². The number of fused-ring (bicyclic) bond motifs is 1. The molecule has 1 N–H and O–H groups in total. The first kappa shape index (κ1) is 16.8. The Kier molecular flexibility index (Phi) is 4.33. The number of rotatable bonds is 5. The molecule has 27 heavy (non-hydrogen) atoms. The largest absolute Gasteiger partial charge is 0.324 e. The topological polar surface area (TPSA) is 103 Å². The fraction of sp³-hybridized carbons (Fsp3) is 0.222. The first-order valence-corrected chi connectivity index (χ1v) is 8.53. The van der Waals surface area contributed by atoms with E-state index < -0.39 is 0 Å². The predicted octanol–water partition coefficient (Wildman–Crippen LogP) is 1.89. The summed E-state index contributed by atoms with van der Waals surface area (Å²) in [7, 11) is 0. The second-order valence-electron chi connectivity index (χ2n) is 6.14. The van der Waals surface area contributed by atoms with Gasteiger partial charge in [-0.05, 0) is 38.0 Å². The van der Waals surface area contributed by atoms with Gasteiger partial charge in [-0.15, -0.1) is 0 Å². The number of anilines is 1. The standard InChI is InChI=1S/C18H18N8O/c1-12-14(13(2)26-18(23-12)20-10-22-26)7-8-17(27)24-15-5-3-4-6-16(15)25-11-19-9-21-25/h3-6,9-11H,7-8H2,1-2H3,(H,24,27). The highest BCUT2D eigenvalue weighted by atomic mass is 16.1. The van der Waals surface area contributed by atoms with E-state index in [2.05, 4.69) is 30.5 Å². The summed E-state index contributed by atoms with van der Waals surface area (Å²) in [5, 5.41) is 11.3. The molecule has 136 valence electrons. The Morgan fingerprint density at radius 2 is 2.00 bits per heavy atom. The third kappa shape index (κ3) is 3.26. The zero-order valence-electron chi connectivity index (χ0n) is 15.0. The summed E-state index contributed by atoms with van der Waals surface area (Å²) in [5.74, 6) is 0.486. The molecule has 0 unspecified atom stereocenters. The van der Waals surface area contributed by atoms with Gasteiger partial charge in [-0.3, -0.25) is 4.79 Å². The Morgan fingerprint density at radius 1 is 1.15 bits per heavy atom. The number of nitrogens with one attached hydrogen (secondary N) is 1. The van der Waals surface area contributed by atoms with Crippen molar-refractivity contribution in [3.8, 4) is 5.69 Å². The van der Waals surface area contributed by atoms with E-state index in [4.69, 9.17) is 0 Å². The van der Waals surface area contributed by atoms with Crippen LogP contribution in [0.1, 0.15) is 23.4 Å². The lowest BCUT2D eigenvalue weighted by molar-refractivity contribution is -0.116. The van der Waals surface area contributed by atoms with Gasteiger partial charge in [0.2, 0.25) is 5.91 Å². The summed E-state index contributed by atoms with van der Waals surface area (Å²) >= 11 is 0. The molecule has 0 aliphatic carbocycles. The van der Waals surface area contributed by atoms with Crippen LogP contribution in [0.25, 0.3) is 11.5 Å². The maximum atomic E-state index is 12.5. The molecular formula is C18H18N8O. The number of amides is 1. The molecule has 0 aliphatic heterocycles.